The van der Waals surface area contributed by atoms with E-state index >= 15 is 0 Å². The van der Waals surface area contributed by atoms with Crippen molar-refractivity contribution in [1.29, 1.82) is 0 Å². The Morgan fingerprint density at radius 1 is 1.00 bits per heavy atom. The molecule has 164 valence electrons. The summed E-state index contributed by atoms with van der Waals surface area (Å²) in [6.45, 7) is 4.32. The number of carbonyl (C=O) groups is 2. The largest absolute Gasteiger partial charge is 0.456 e. The van der Waals surface area contributed by atoms with Gasteiger partial charge in [-0.05, 0) is 31.0 Å². The van der Waals surface area contributed by atoms with E-state index in [1.54, 1.807) is 33.9 Å². The predicted molar refractivity (Wildman–Crippen MR) is 118 cm³/mol. The second kappa shape index (κ2) is 9.32. The number of carbonyl (C=O) groups excluding carboxylic acids is 2. The fourth-order valence-corrected chi connectivity index (χ4v) is 3.96. The van der Waals surface area contributed by atoms with Crippen LogP contribution in [0.25, 0.3) is 0 Å². The van der Waals surface area contributed by atoms with E-state index in [4.69, 9.17) is 9.47 Å². The average molecular weight is 432 g/mol. The molecule has 1 aliphatic heterocycles. The molecule has 1 aromatic heterocycles. The fraction of sp³-hybridized carbons (Fsp3) is 0.269. The van der Waals surface area contributed by atoms with Crippen LogP contribution in [0.5, 0.6) is 0 Å². The minimum Gasteiger partial charge on any atom is -0.456 e. The van der Waals surface area contributed by atoms with Crippen molar-refractivity contribution in [3.8, 4) is 0 Å². The molecule has 1 saturated heterocycles. The normalized spacial score (nSPS) is 17.2. The third-order valence-corrected chi connectivity index (χ3v) is 5.59. The summed E-state index contributed by atoms with van der Waals surface area (Å²) < 4.78 is 13.0. The highest BCUT2D eigenvalue weighted by atomic mass is 16.5. The van der Waals surface area contributed by atoms with Crippen LogP contribution in [0, 0.1) is 0 Å². The van der Waals surface area contributed by atoms with Crippen molar-refractivity contribution in [3.63, 3.8) is 0 Å². The number of benzene rings is 2. The van der Waals surface area contributed by atoms with Crippen LogP contribution in [0.3, 0.4) is 0 Å². The SMILES string of the molecule is CC1(C)OC[C@H](c2ccccc2)N1C(=O)c1cccc[n+]1CC(=O)OCc1ccccc1. The molecule has 6 nitrogen and oxygen atoms in total. The second-order valence-electron chi connectivity index (χ2n) is 8.22. The van der Waals surface area contributed by atoms with Gasteiger partial charge in [0.15, 0.2) is 6.20 Å². The zero-order valence-corrected chi connectivity index (χ0v) is 18.3. The lowest BCUT2D eigenvalue weighted by molar-refractivity contribution is -0.688. The highest BCUT2D eigenvalue weighted by molar-refractivity contribution is 5.92. The van der Waals surface area contributed by atoms with Gasteiger partial charge in [-0.2, -0.15) is 4.57 Å². The number of amides is 1. The molecular weight excluding hydrogens is 404 g/mol. The molecule has 0 spiro atoms. The maximum absolute atomic E-state index is 13.7. The summed E-state index contributed by atoms with van der Waals surface area (Å²) in [5, 5.41) is 0. The lowest BCUT2D eigenvalue weighted by atomic mass is 10.0. The number of pyridine rings is 1. The molecule has 2 aromatic carbocycles. The minimum atomic E-state index is -0.779. The molecule has 1 aliphatic rings. The Bertz CT molecular complexity index is 1080. The topological polar surface area (TPSA) is 59.7 Å². The van der Waals surface area contributed by atoms with E-state index in [9.17, 15) is 9.59 Å². The quantitative estimate of drug-likeness (QED) is 0.441. The molecule has 1 amide bonds. The Kier molecular flexibility index (Phi) is 6.32. The molecule has 32 heavy (non-hydrogen) atoms. The zero-order valence-electron chi connectivity index (χ0n) is 18.3. The van der Waals surface area contributed by atoms with E-state index in [-0.39, 0.29) is 25.1 Å². The number of hydrogen-bond donors (Lipinski definition) is 0. The molecule has 0 saturated carbocycles. The highest BCUT2D eigenvalue weighted by Crippen LogP contribution is 2.37. The maximum atomic E-state index is 13.7. The van der Waals surface area contributed by atoms with Gasteiger partial charge in [0.1, 0.15) is 12.3 Å². The number of ether oxygens (including phenoxy) is 2. The Morgan fingerprint density at radius 3 is 2.38 bits per heavy atom. The molecule has 0 aliphatic carbocycles. The molecule has 3 aromatic rings. The number of nitrogens with zero attached hydrogens (tertiary/aromatic N) is 2. The molecule has 0 unspecified atom stereocenters. The molecule has 1 fully saturated rings. The molecular formula is C26H27N2O4+. The molecule has 2 heterocycles. The Labute approximate surface area is 188 Å². The third-order valence-electron chi connectivity index (χ3n) is 5.59. The summed E-state index contributed by atoms with van der Waals surface area (Å²) in [4.78, 5) is 28.0. The number of rotatable bonds is 6. The molecule has 4 rings (SSSR count). The van der Waals surface area contributed by atoms with E-state index in [1.807, 2.05) is 74.5 Å². The zero-order chi connectivity index (χ0) is 22.6. The van der Waals surface area contributed by atoms with Gasteiger partial charge in [-0.1, -0.05) is 60.7 Å². The van der Waals surface area contributed by atoms with Crippen LogP contribution in [0.15, 0.2) is 85.1 Å². The summed E-state index contributed by atoms with van der Waals surface area (Å²) in [5.41, 5.74) is 1.55. The van der Waals surface area contributed by atoms with E-state index in [0.717, 1.165) is 11.1 Å². The Balaban J connectivity index is 1.54. The van der Waals surface area contributed by atoms with Crippen LogP contribution < -0.4 is 4.57 Å². The van der Waals surface area contributed by atoms with Crippen molar-refractivity contribution in [1.82, 2.24) is 4.90 Å². The standard InChI is InChI=1S/C26H27N2O4/c1-26(2)28(23(19-32-26)21-13-7-4-8-14-21)25(30)22-15-9-10-16-27(22)17-24(29)31-18-20-11-5-3-6-12-20/h3-16,23H,17-19H2,1-2H3/q+1/t23-/m1/s1. The van der Waals surface area contributed by atoms with Crippen molar-refractivity contribution >= 4 is 11.9 Å². The highest BCUT2D eigenvalue weighted by Gasteiger charge is 2.46. The summed E-state index contributed by atoms with van der Waals surface area (Å²) in [6, 6.07) is 24.5. The molecule has 1 atom stereocenters. The van der Waals surface area contributed by atoms with Crippen LogP contribution in [-0.2, 0) is 27.4 Å². The lowest BCUT2D eigenvalue weighted by Crippen LogP contribution is -2.51. The summed E-state index contributed by atoms with van der Waals surface area (Å²) in [7, 11) is 0. The van der Waals surface area contributed by atoms with Gasteiger partial charge in [-0.25, -0.2) is 4.79 Å². The number of aromatic nitrogens is 1. The molecule has 0 bridgehead atoms. The van der Waals surface area contributed by atoms with E-state index in [2.05, 4.69) is 0 Å². The first kappa shape index (κ1) is 21.7. The lowest BCUT2D eigenvalue weighted by Gasteiger charge is -2.33. The van der Waals surface area contributed by atoms with Crippen molar-refractivity contribution < 1.29 is 23.6 Å². The fourth-order valence-electron chi connectivity index (χ4n) is 3.96. The third kappa shape index (κ3) is 4.70. The number of hydrogen-bond acceptors (Lipinski definition) is 4. The van der Waals surface area contributed by atoms with Crippen molar-refractivity contribution in [2.24, 2.45) is 0 Å². The van der Waals surface area contributed by atoms with Gasteiger partial charge < -0.3 is 9.47 Å². The summed E-state index contributed by atoms with van der Waals surface area (Å²) >= 11 is 0. The summed E-state index contributed by atoms with van der Waals surface area (Å²) in [6.07, 6.45) is 1.72. The maximum Gasteiger partial charge on any atom is 0.373 e. The minimum absolute atomic E-state index is 0.0557. The van der Waals surface area contributed by atoms with E-state index in [0.29, 0.717) is 12.3 Å². The van der Waals surface area contributed by atoms with Crippen molar-refractivity contribution in [3.05, 3.63) is 102 Å². The van der Waals surface area contributed by atoms with Crippen molar-refractivity contribution in [2.75, 3.05) is 6.61 Å². The number of esters is 1. The Morgan fingerprint density at radius 2 is 1.66 bits per heavy atom. The van der Waals surface area contributed by atoms with E-state index in [1.165, 1.54) is 0 Å². The van der Waals surface area contributed by atoms with Crippen LogP contribution in [-0.4, -0.2) is 29.1 Å². The molecule has 0 radical (unpaired) electrons. The first-order valence-electron chi connectivity index (χ1n) is 10.7. The van der Waals surface area contributed by atoms with Gasteiger partial charge in [0.2, 0.25) is 6.54 Å². The van der Waals surface area contributed by atoms with Crippen molar-refractivity contribution in [2.45, 2.75) is 38.8 Å². The summed E-state index contributed by atoms with van der Waals surface area (Å²) in [5.74, 6) is -0.603. The first-order chi connectivity index (χ1) is 15.5. The monoisotopic (exact) mass is 431 g/mol. The van der Waals surface area contributed by atoms with E-state index < -0.39 is 11.7 Å². The second-order valence-corrected chi connectivity index (χ2v) is 8.22. The smallest absolute Gasteiger partial charge is 0.373 e. The van der Waals surface area contributed by atoms with Crippen LogP contribution in [0.2, 0.25) is 0 Å². The molecule has 6 heteroatoms. The first-order valence-corrected chi connectivity index (χ1v) is 10.7. The van der Waals surface area contributed by atoms with Gasteiger partial charge in [-0.15, -0.1) is 0 Å². The Hall–Kier alpha value is -3.51. The molecule has 0 N–H and O–H groups in total. The van der Waals surface area contributed by atoms with Crippen LogP contribution >= 0.6 is 0 Å². The van der Waals surface area contributed by atoms with Gasteiger partial charge >= 0.3 is 11.9 Å². The van der Waals surface area contributed by atoms with Crippen LogP contribution in [0.1, 0.15) is 41.5 Å². The van der Waals surface area contributed by atoms with Gasteiger partial charge in [0.05, 0.1) is 12.6 Å². The van der Waals surface area contributed by atoms with Gasteiger partial charge in [-0.3, -0.25) is 9.69 Å². The van der Waals surface area contributed by atoms with Crippen LogP contribution in [0.4, 0.5) is 0 Å². The van der Waals surface area contributed by atoms with Gasteiger partial charge in [0.25, 0.3) is 5.69 Å². The predicted octanol–water partition coefficient (Wildman–Crippen LogP) is 3.67. The van der Waals surface area contributed by atoms with Gasteiger partial charge in [0, 0.05) is 12.1 Å². The average Bonchev–Trinajstić information content (AvgIpc) is 3.14.